The average Bonchev–Trinajstić information content (AvgIpc) is 3.60. The number of benzene rings is 4. The monoisotopic (exact) mass is 852 g/mol. The molecule has 0 atom stereocenters. The predicted octanol–water partition coefficient (Wildman–Crippen LogP) is 10.9. The topological polar surface area (TPSA) is 94.5 Å². The molecule has 8 nitrogen and oxygen atoms in total. The lowest BCUT2D eigenvalue weighted by Crippen LogP contribution is -2.28. The number of carbonyl (C=O) groups excluding carboxylic acids is 2. The van der Waals surface area contributed by atoms with Crippen LogP contribution in [0.3, 0.4) is 0 Å². The third kappa shape index (κ3) is 11.4. The fourth-order valence-electron chi connectivity index (χ4n) is 5.89. The molecule has 13 heteroatoms. The van der Waals surface area contributed by atoms with E-state index in [1.807, 2.05) is 103 Å². The van der Waals surface area contributed by atoms with Gasteiger partial charge < -0.3 is 20.1 Å². The van der Waals surface area contributed by atoms with Gasteiger partial charge in [-0.25, -0.2) is 0 Å². The van der Waals surface area contributed by atoms with Crippen LogP contribution < -0.4 is 10.6 Å². The zero-order valence-corrected chi connectivity index (χ0v) is 33.8. The van der Waals surface area contributed by atoms with Crippen molar-refractivity contribution in [1.82, 2.24) is 9.78 Å². The Labute approximate surface area is 336 Å². The van der Waals surface area contributed by atoms with Gasteiger partial charge in [0.1, 0.15) is 0 Å². The zero-order valence-electron chi connectivity index (χ0n) is 29.0. The highest BCUT2D eigenvalue weighted by molar-refractivity contribution is 9.10. The van der Waals surface area contributed by atoms with E-state index in [0.717, 1.165) is 72.4 Å². The van der Waals surface area contributed by atoms with E-state index in [-0.39, 0.29) is 23.7 Å². The number of ether oxygens (including phenoxy) is 2. The van der Waals surface area contributed by atoms with E-state index < -0.39 is 0 Å². The van der Waals surface area contributed by atoms with Crippen molar-refractivity contribution in [3.8, 4) is 11.3 Å². The fraction of sp³-hybridized carbons (Fsp3) is 0.275. The Morgan fingerprint density at radius 2 is 1.23 bits per heavy atom. The summed E-state index contributed by atoms with van der Waals surface area (Å²) in [7, 11) is 1.91. The largest absolute Gasteiger partial charge is 0.381 e. The predicted molar refractivity (Wildman–Crippen MR) is 218 cm³/mol. The highest BCUT2D eigenvalue weighted by atomic mass is 79.9. The minimum atomic E-state index is 0.0223. The van der Waals surface area contributed by atoms with Gasteiger partial charge >= 0.3 is 0 Å². The van der Waals surface area contributed by atoms with Crippen molar-refractivity contribution < 1.29 is 19.1 Å². The minimum absolute atomic E-state index is 0.0223. The average molecular weight is 855 g/mol. The molecule has 5 aromatic rings. The Balaban J connectivity index is 0.000000185. The summed E-state index contributed by atoms with van der Waals surface area (Å²) in [6, 6.07) is 29.5. The first-order valence-corrected chi connectivity index (χ1v) is 20.5. The van der Waals surface area contributed by atoms with Crippen LogP contribution in [0.5, 0.6) is 0 Å². The van der Waals surface area contributed by atoms with Gasteiger partial charge in [0.2, 0.25) is 11.8 Å². The maximum atomic E-state index is 12.5. The number of carbonyl (C=O) groups is 2. The van der Waals surface area contributed by atoms with Gasteiger partial charge in [-0.1, -0.05) is 80.9 Å². The van der Waals surface area contributed by atoms with E-state index in [4.69, 9.17) is 32.7 Å². The summed E-state index contributed by atoms with van der Waals surface area (Å²) in [5.41, 5.74) is 3.65. The number of hydrogen-bond acceptors (Lipinski definition) is 7. The Hall–Kier alpha value is -3.29. The summed E-state index contributed by atoms with van der Waals surface area (Å²) in [6.07, 6.45) is 4.90. The van der Waals surface area contributed by atoms with E-state index in [1.165, 1.54) is 0 Å². The summed E-state index contributed by atoms with van der Waals surface area (Å²) in [5.74, 6) is 0.196. The van der Waals surface area contributed by atoms with E-state index in [9.17, 15) is 9.59 Å². The molecule has 2 aliphatic heterocycles. The molecular weight excluding hydrogens is 815 g/mol. The number of halogens is 3. The highest BCUT2D eigenvalue weighted by Gasteiger charge is 2.23. The van der Waals surface area contributed by atoms with Gasteiger partial charge in [-0.3, -0.25) is 14.3 Å². The SMILES string of the molecule is Cn1nccc1-c1ccc(Sc2cccc(NC(=O)C3CCOCC3)c2)c(Cl)c1.O=C(Nc1cccc(Sc2ccc(Br)cc2Cl)c1)C1CCOCC1. The Kier molecular flexibility index (Phi) is 14.4. The lowest BCUT2D eigenvalue weighted by molar-refractivity contribution is -0.123. The molecule has 0 radical (unpaired) electrons. The first-order chi connectivity index (χ1) is 25.7. The molecule has 276 valence electrons. The maximum Gasteiger partial charge on any atom is 0.227 e. The molecule has 7 rings (SSSR count). The minimum Gasteiger partial charge on any atom is -0.381 e. The Bertz CT molecular complexity index is 2040. The second-order valence-corrected chi connectivity index (χ2v) is 16.5. The van der Waals surface area contributed by atoms with Crippen LogP contribution >= 0.6 is 62.7 Å². The van der Waals surface area contributed by atoms with Gasteiger partial charge in [-0.15, -0.1) is 0 Å². The molecule has 2 N–H and O–H groups in total. The zero-order chi connectivity index (χ0) is 37.2. The van der Waals surface area contributed by atoms with E-state index in [2.05, 4.69) is 31.7 Å². The van der Waals surface area contributed by atoms with Crippen LogP contribution in [-0.4, -0.2) is 48.0 Å². The van der Waals surface area contributed by atoms with Crippen LogP contribution in [-0.2, 0) is 26.1 Å². The third-order valence-corrected chi connectivity index (χ3v) is 12.3. The first kappa shape index (κ1) is 39.4. The molecule has 2 amide bonds. The Morgan fingerprint density at radius 3 is 1.70 bits per heavy atom. The molecule has 1 aromatic heterocycles. The van der Waals surface area contributed by atoms with Gasteiger partial charge in [0.25, 0.3) is 0 Å². The van der Waals surface area contributed by atoms with Crippen molar-refractivity contribution >= 4 is 85.8 Å². The quantitative estimate of drug-likeness (QED) is 0.152. The number of hydrogen-bond donors (Lipinski definition) is 2. The first-order valence-electron chi connectivity index (χ1n) is 17.3. The van der Waals surface area contributed by atoms with Gasteiger partial charge in [0.05, 0.1) is 15.7 Å². The number of anilines is 2. The van der Waals surface area contributed by atoms with Gasteiger partial charge in [-0.05, 0) is 98.5 Å². The third-order valence-electron chi connectivity index (χ3n) is 8.79. The van der Waals surface area contributed by atoms with Gasteiger partial charge in [0.15, 0.2) is 0 Å². The van der Waals surface area contributed by atoms with Crippen molar-refractivity contribution in [2.45, 2.75) is 45.3 Å². The number of nitrogens with one attached hydrogen (secondary N) is 2. The van der Waals surface area contributed by atoms with Crippen LogP contribution in [0.4, 0.5) is 11.4 Å². The van der Waals surface area contributed by atoms with Crippen molar-refractivity contribution in [2.75, 3.05) is 37.1 Å². The summed E-state index contributed by atoms with van der Waals surface area (Å²) in [6.45, 7) is 2.63. The molecule has 2 aliphatic rings. The second kappa shape index (κ2) is 19.3. The smallest absolute Gasteiger partial charge is 0.227 e. The number of amides is 2. The van der Waals surface area contributed by atoms with Crippen LogP contribution in [0.15, 0.2) is 121 Å². The number of aryl methyl sites for hydroxylation is 1. The molecule has 0 spiro atoms. The molecule has 4 aromatic carbocycles. The Morgan fingerprint density at radius 1 is 0.717 bits per heavy atom. The van der Waals surface area contributed by atoms with Crippen LogP contribution in [0.2, 0.25) is 10.0 Å². The molecule has 0 unspecified atom stereocenters. The second-order valence-electron chi connectivity index (χ2n) is 12.6. The molecule has 0 aliphatic carbocycles. The van der Waals surface area contributed by atoms with Crippen molar-refractivity contribution in [2.24, 2.45) is 18.9 Å². The molecule has 0 bridgehead atoms. The van der Waals surface area contributed by atoms with Gasteiger partial charge in [0, 0.05) is 92.5 Å². The van der Waals surface area contributed by atoms with E-state index in [0.29, 0.717) is 36.5 Å². The molecule has 0 saturated carbocycles. The number of aromatic nitrogens is 2. The molecule has 53 heavy (non-hydrogen) atoms. The number of nitrogens with zero attached hydrogens (tertiary/aromatic N) is 2. The summed E-state index contributed by atoms with van der Waals surface area (Å²) in [4.78, 5) is 28.8. The standard InChI is InChI=1S/C22H22ClN3O2S.C18H17BrClNO2S/c1-26-20(7-10-24-26)16-5-6-21(19(23)13-16)29-18-4-2-3-17(14-18)25-22(27)15-8-11-28-12-9-15;19-13-4-5-17(16(20)10-13)24-15-3-1-2-14(11-15)21-18(22)12-6-8-23-9-7-12/h2-7,10,13-15H,8-9,11-12H2,1H3,(H,25,27);1-5,10-12H,6-9H2,(H,21,22). The summed E-state index contributed by atoms with van der Waals surface area (Å²) < 4.78 is 13.4. The molecular formula is C40H39BrCl2N4O4S2. The van der Waals surface area contributed by atoms with E-state index in [1.54, 1.807) is 29.7 Å². The molecule has 2 saturated heterocycles. The van der Waals surface area contributed by atoms with Crippen molar-refractivity contribution in [3.63, 3.8) is 0 Å². The highest BCUT2D eigenvalue weighted by Crippen LogP contribution is 2.38. The molecule has 3 heterocycles. The summed E-state index contributed by atoms with van der Waals surface area (Å²) in [5, 5.41) is 11.6. The normalized spacial score (nSPS) is 14.9. The lowest BCUT2D eigenvalue weighted by Gasteiger charge is -2.21. The summed E-state index contributed by atoms with van der Waals surface area (Å²) >= 11 is 19.4. The van der Waals surface area contributed by atoms with Crippen molar-refractivity contribution in [1.29, 1.82) is 0 Å². The van der Waals surface area contributed by atoms with E-state index >= 15 is 0 Å². The van der Waals surface area contributed by atoms with Crippen LogP contribution in [0.1, 0.15) is 25.7 Å². The number of rotatable bonds is 9. The van der Waals surface area contributed by atoms with Crippen LogP contribution in [0, 0.1) is 11.8 Å². The maximum absolute atomic E-state index is 12.5. The fourth-order valence-corrected chi connectivity index (χ4v) is 8.74. The molecule has 2 fully saturated rings. The lowest BCUT2D eigenvalue weighted by atomic mass is 9.99. The van der Waals surface area contributed by atoms with Crippen molar-refractivity contribution in [3.05, 3.63) is 112 Å². The van der Waals surface area contributed by atoms with Crippen LogP contribution in [0.25, 0.3) is 11.3 Å². The van der Waals surface area contributed by atoms with Gasteiger partial charge in [-0.2, -0.15) is 5.10 Å².